The van der Waals surface area contributed by atoms with Crippen molar-refractivity contribution in [1.82, 2.24) is 9.03 Å². The molecular weight excluding hydrogens is 348 g/mol. The summed E-state index contributed by atoms with van der Waals surface area (Å²) in [6.07, 6.45) is 3.70. The first-order valence-corrected chi connectivity index (χ1v) is 10.3. The molecule has 1 aromatic carbocycles. The van der Waals surface area contributed by atoms with Crippen LogP contribution in [0.4, 0.5) is 0 Å². The van der Waals surface area contributed by atoms with Gasteiger partial charge in [-0.15, -0.1) is 0 Å². The molecule has 1 saturated carbocycles. The second-order valence-electron chi connectivity index (χ2n) is 7.30. The number of benzene rings is 1. The SMILES string of the molecule is CC1(C)COC(c2cccc(Cl)c2)CN1S(=O)(=O)NC1CCCC1. The minimum absolute atomic E-state index is 0.0539. The molecule has 1 N–H and O–H groups in total. The summed E-state index contributed by atoms with van der Waals surface area (Å²) < 4.78 is 36.2. The average Bonchev–Trinajstić information content (AvgIpc) is 2.99. The van der Waals surface area contributed by atoms with Crippen LogP contribution in [0.2, 0.25) is 5.02 Å². The fraction of sp³-hybridized carbons (Fsp3) is 0.647. The van der Waals surface area contributed by atoms with Crippen LogP contribution in [0, 0.1) is 0 Å². The molecule has 0 bridgehead atoms. The van der Waals surface area contributed by atoms with Crippen molar-refractivity contribution in [2.24, 2.45) is 0 Å². The molecule has 1 heterocycles. The smallest absolute Gasteiger partial charge is 0.280 e. The number of rotatable bonds is 4. The van der Waals surface area contributed by atoms with Gasteiger partial charge in [-0.2, -0.15) is 17.4 Å². The summed E-state index contributed by atoms with van der Waals surface area (Å²) in [5.41, 5.74) is 0.318. The summed E-state index contributed by atoms with van der Waals surface area (Å²) in [6, 6.07) is 7.46. The van der Waals surface area contributed by atoms with E-state index in [1.807, 2.05) is 32.0 Å². The molecule has 2 fully saturated rings. The van der Waals surface area contributed by atoms with Crippen LogP contribution in [0.5, 0.6) is 0 Å². The fourth-order valence-electron chi connectivity index (χ4n) is 3.48. The molecule has 0 aromatic heterocycles. The van der Waals surface area contributed by atoms with Crippen molar-refractivity contribution in [3.8, 4) is 0 Å². The third-order valence-corrected chi connectivity index (χ3v) is 6.92. The largest absolute Gasteiger partial charge is 0.370 e. The second kappa shape index (κ2) is 6.92. The molecule has 1 unspecified atom stereocenters. The minimum Gasteiger partial charge on any atom is -0.370 e. The third kappa shape index (κ3) is 3.94. The predicted molar refractivity (Wildman–Crippen MR) is 95.2 cm³/mol. The van der Waals surface area contributed by atoms with Crippen LogP contribution in [-0.4, -0.2) is 37.5 Å². The Morgan fingerprint density at radius 1 is 1.29 bits per heavy atom. The van der Waals surface area contributed by atoms with Gasteiger partial charge in [0, 0.05) is 17.6 Å². The van der Waals surface area contributed by atoms with Crippen molar-refractivity contribution in [3.63, 3.8) is 0 Å². The van der Waals surface area contributed by atoms with Crippen molar-refractivity contribution in [3.05, 3.63) is 34.9 Å². The standard InChI is InChI=1S/C17H25ClN2O3S/c1-17(2)12-23-16(13-6-5-7-14(18)10-13)11-20(17)24(21,22)19-15-8-3-4-9-15/h5-7,10,15-16,19H,3-4,8-9,11-12H2,1-2H3. The molecule has 2 aliphatic rings. The van der Waals surface area contributed by atoms with Gasteiger partial charge in [-0.05, 0) is 44.4 Å². The lowest BCUT2D eigenvalue weighted by Gasteiger charge is -2.44. The second-order valence-corrected chi connectivity index (χ2v) is 9.37. The Hall–Kier alpha value is -0.660. The molecule has 1 aliphatic carbocycles. The third-order valence-electron chi connectivity index (χ3n) is 4.83. The van der Waals surface area contributed by atoms with Crippen LogP contribution in [0.3, 0.4) is 0 Å². The van der Waals surface area contributed by atoms with E-state index in [2.05, 4.69) is 4.72 Å². The lowest BCUT2D eigenvalue weighted by Crippen LogP contribution is -2.59. The molecule has 3 rings (SSSR count). The topological polar surface area (TPSA) is 58.6 Å². The van der Waals surface area contributed by atoms with Gasteiger partial charge in [-0.25, -0.2) is 0 Å². The van der Waals surface area contributed by atoms with E-state index in [1.165, 1.54) is 0 Å². The molecule has 5 nitrogen and oxygen atoms in total. The average molecular weight is 373 g/mol. The highest BCUT2D eigenvalue weighted by molar-refractivity contribution is 7.87. The Kier molecular flexibility index (Phi) is 5.23. The first-order chi connectivity index (χ1) is 11.3. The van der Waals surface area contributed by atoms with Gasteiger partial charge in [0.25, 0.3) is 10.2 Å². The van der Waals surface area contributed by atoms with Gasteiger partial charge >= 0.3 is 0 Å². The molecule has 0 spiro atoms. The first kappa shape index (κ1) is 18.1. The lowest BCUT2D eigenvalue weighted by atomic mass is 10.0. The van der Waals surface area contributed by atoms with Gasteiger partial charge < -0.3 is 4.74 Å². The van der Waals surface area contributed by atoms with E-state index in [4.69, 9.17) is 16.3 Å². The van der Waals surface area contributed by atoms with Crippen LogP contribution >= 0.6 is 11.6 Å². The number of hydrogen-bond donors (Lipinski definition) is 1. The van der Waals surface area contributed by atoms with E-state index in [9.17, 15) is 8.42 Å². The maximum atomic E-state index is 12.9. The van der Waals surface area contributed by atoms with Gasteiger partial charge in [0.1, 0.15) is 0 Å². The molecule has 1 atom stereocenters. The number of morpholine rings is 1. The van der Waals surface area contributed by atoms with Gasteiger partial charge in [0.2, 0.25) is 0 Å². The Balaban J connectivity index is 1.81. The Bertz CT molecular complexity index is 687. The van der Waals surface area contributed by atoms with Crippen LogP contribution in [0.15, 0.2) is 24.3 Å². The number of ether oxygens (including phenoxy) is 1. The Morgan fingerprint density at radius 2 is 2.00 bits per heavy atom. The molecule has 0 radical (unpaired) electrons. The first-order valence-electron chi connectivity index (χ1n) is 8.45. The Morgan fingerprint density at radius 3 is 2.67 bits per heavy atom. The summed E-state index contributed by atoms with van der Waals surface area (Å²) in [5.74, 6) is 0. The molecule has 24 heavy (non-hydrogen) atoms. The lowest BCUT2D eigenvalue weighted by molar-refractivity contribution is -0.0660. The maximum absolute atomic E-state index is 12.9. The molecule has 1 saturated heterocycles. The molecule has 1 aliphatic heterocycles. The van der Waals surface area contributed by atoms with Crippen LogP contribution in [-0.2, 0) is 14.9 Å². The Labute approximate surface area is 149 Å². The minimum atomic E-state index is -3.56. The summed E-state index contributed by atoms with van der Waals surface area (Å²) in [4.78, 5) is 0. The summed E-state index contributed by atoms with van der Waals surface area (Å²) in [7, 11) is -3.56. The number of nitrogens with one attached hydrogen (secondary N) is 1. The van der Waals surface area contributed by atoms with Crippen molar-refractivity contribution in [2.75, 3.05) is 13.2 Å². The zero-order valence-corrected chi connectivity index (χ0v) is 15.7. The maximum Gasteiger partial charge on any atom is 0.280 e. The number of halogens is 1. The van der Waals surface area contributed by atoms with E-state index in [0.717, 1.165) is 31.2 Å². The predicted octanol–water partition coefficient (Wildman–Crippen LogP) is 3.27. The van der Waals surface area contributed by atoms with Crippen LogP contribution < -0.4 is 4.72 Å². The van der Waals surface area contributed by atoms with Crippen molar-refractivity contribution < 1.29 is 13.2 Å². The van der Waals surface area contributed by atoms with Crippen molar-refractivity contribution in [2.45, 2.75) is 57.2 Å². The van der Waals surface area contributed by atoms with E-state index >= 15 is 0 Å². The highest BCUT2D eigenvalue weighted by Gasteiger charge is 2.43. The zero-order chi connectivity index (χ0) is 17.4. The molecule has 7 heteroatoms. The molecule has 1 aromatic rings. The van der Waals surface area contributed by atoms with E-state index < -0.39 is 15.7 Å². The van der Waals surface area contributed by atoms with Crippen LogP contribution in [0.1, 0.15) is 51.2 Å². The molecule has 134 valence electrons. The fourth-order valence-corrected chi connectivity index (χ4v) is 5.49. The monoisotopic (exact) mass is 372 g/mol. The highest BCUT2D eigenvalue weighted by Crippen LogP contribution is 2.33. The van der Waals surface area contributed by atoms with Crippen molar-refractivity contribution in [1.29, 1.82) is 0 Å². The van der Waals surface area contributed by atoms with Gasteiger partial charge in [-0.3, -0.25) is 0 Å². The highest BCUT2D eigenvalue weighted by atomic mass is 35.5. The van der Waals surface area contributed by atoms with Gasteiger partial charge in [0.05, 0.1) is 18.2 Å². The molecule has 0 amide bonds. The zero-order valence-electron chi connectivity index (χ0n) is 14.2. The molecular formula is C17H25ClN2O3S. The van der Waals surface area contributed by atoms with E-state index in [-0.39, 0.29) is 18.7 Å². The summed E-state index contributed by atoms with van der Waals surface area (Å²) in [5, 5.41) is 0.624. The van der Waals surface area contributed by atoms with Crippen LogP contribution in [0.25, 0.3) is 0 Å². The normalized spacial score (nSPS) is 25.9. The van der Waals surface area contributed by atoms with E-state index in [1.54, 1.807) is 10.4 Å². The van der Waals surface area contributed by atoms with Gasteiger partial charge in [0.15, 0.2) is 0 Å². The number of nitrogens with zero attached hydrogens (tertiary/aromatic N) is 1. The number of hydrogen-bond acceptors (Lipinski definition) is 3. The van der Waals surface area contributed by atoms with Crippen molar-refractivity contribution >= 4 is 21.8 Å². The summed E-state index contributed by atoms with van der Waals surface area (Å²) in [6.45, 7) is 4.43. The van der Waals surface area contributed by atoms with Gasteiger partial charge in [-0.1, -0.05) is 36.6 Å². The van der Waals surface area contributed by atoms with E-state index in [0.29, 0.717) is 11.6 Å². The summed E-state index contributed by atoms with van der Waals surface area (Å²) >= 11 is 6.06. The quantitative estimate of drug-likeness (QED) is 0.882.